The first kappa shape index (κ1) is 14.5. The summed E-state index contributed by atoms with van der Waals surface area (Å²) in [5, 5.41) is 10.1. The Balaban J connectivity index is 1.67. The Morgan fingerprint density at radius 3 is 2.71 bits per heavy atom. The summed E-state index contributed by atoms with van der Waals surface area (Å²) in [7, 11) is 0. The molecular formula is C17H24N2O2. The van der Waals surface area contributed by atoms with E-state index in [0.29, 0.717) is 13.1 Å². The summed E-state index contributed by atoms with van der Waals surface area (Å²) >= 11 is 0. The van der Waals surface area contributed by atoms with Gasteiger partial charge in [-0.25, -0.2) is 0 Å². The largest absolute Gasteiger partial charge is 0.389 e. The number of β-amino-alcohol motifs (C(OH)–C–C–N with tert-alkyl or cyclic N) is 1. The standard InChI is InChI=1S/C17H24N2O2/c1-17(21)9-11-19(13-17)15-8-5-10-18(16(15)20)12-14-6-3-2-4-7-14/h2-4,6-7,15,21H,5,8-13H2,1H3/t15-,17+/m0/s1. The number of nitrogens with zero attached hydrogens (tertiary/aromatic N) is 2. The molecule has 1 N–H and O–H groups in total. The molecule has 2 aliphatic heterocycles. The zero-order valence-corrected chi connectivity index (χ0v) is 12.7. The molecular weight excluding hydrogens is 264 g/mol. The van der Waals surface area contributed by atoms with E-state index < -0.39 is 5.60 Å². The molecule has 2 aliphatic rings. The van der Waals surface area contributed by atoms with Crippen molar-refractivity contribution in [3.05, 3.63) is 35.9 Å². The van der Waals surface area contributed by atoms with E-state index in [2.05, 4.69) is 17.0 Å². The molecule has 2 heterocycles. The molecule has 2 fully saturated rings. The highest BCUT2D eigenvalue weighted by Gasteiger charge is 2.40. The molecule has 21 heavy (non-hydrogen) atoms. The summed E-state index contributed by atoms with van der Waals surface area (Å²) < 4.78 is 0. The first-order valence-electron chi connectivity index (χ1n) is 7.84. The predicted molar refractivity (Wildman–Crippen MR) is 81.7 cm³/mol. The summed E-state index contributed by atoms with van der Waals surface area (Å²) in [5.74, 6) is 0.225. The van der Waals surface area contributed by atoms with Crippen molar-refractivity contribution < 1.29 is 9.90 Å². The molecule has 1 amide bonds. The minimum absolute atomic E-state index is 0.0450. The number of aliphatic hydroxyl groups is 1. The second-order valence-electron chi connectivity index (χ2n) is 6.62. The number of rotatable bonds is 3. The lowest BCUT2D eigenvalue weighted by Crippen LogP contribution is -2.52. The Morgan fingerprint density at radius 1 is 1.29 bits per heavy atom. The number of amides is 1. The maximum atomic E-state index is 12.7. The Kier molecular flexibility index (Phi) is 4.00. The van der Waals surface area contributed by atoms with E-state index in [4.69, 9.17) is 0 Å². The quantitative estimate of drug-likeness (QED) is 0.919. The molecule has 1 aromatic carbocycles. The van der Waals surface area contributed by atoms with Crippen molar-refractivity contribution in [2.75, 3.05) is 19.6 Å². The second-order valence-corrected chi connectivity index (χ2v) is 6.62. The third-order valence-corrected chi connectivity index (χ3v) is 4.64. The van der Waals surface area contributed by atoms with Crippen LogP contribution in [0, 0.1) is 0 Å². The number of benzene rings is 1. The van der Waals surface area contributed by atoms with E-state index in [1.807, 2.05) is 30.0 Å². The Morgan fingerprint density at radius 2 is 2.05 bits per heavy atom. The molecule has 4 nitrogen and oxygen atoms in total. The van der Waals surface area contributed by atoms with Crippen LogP contribution in [0.25, 0.3) is 0 Å². The first-order valence-corrected chi connectivity index (χ1v) is 7.84. The zero-order chi connectivity index (χ0) is 14.9. The highest BCUT2D eigenvalue weighted by Crippen LogP contribution is 2.27. The lowest BCUT2D eigenvalue weighted by atomic mass is 10.0. The molecule has 2 saturated heterocycles. The fraction of sp³-hybridized carbons (Fsp3) is 0.588. The van der Waals surface area contributed by atoms with Gasteiger partial charge in [-0.15, -0.1) is 0 Å². The molecule has 0 aliphatic carbocycles. The Hall–Kier alpha value is -1.39. The number of hydrogen-bond acceptors (Lipinski definition) is 3. The topological polar surface area (TPSA) is 43.8 Å². The maximum Gasteiger partial charge on any atom is 0.240 e. The van der Waals surface area contributed by atoms with E-state index >= 15 is 0 Å². The van der Waals surface area contributed by atoms with Crippen molar-refractivity contribution >= 4 is 5.91 Å². The average Bonchev–Trinajstić information content (AvgIpc) is 2.82. The average molecular weight is 288 g/mol. The smallest absolute Gasteiger partial charge is 0.240 e. The van der Waals surface area contributed by atoms with E-state index in [1.165, 1.54) is 5.56 Å². The molecule has 0 bridgehead atoms. The summed E-state index contributed by atoms with van der Waals surface area (Å²) in [6.07, 6.45) is 2.72. The molecule has 0 unspecified atom stereocenters. The summed E-state index contributed by atoms with van der Waals surface area (Å²) in [5.41, 5.74) is 0.544. The van der Waals surface area contributed by atoms with Gasteiger partial charge in [0, 0.05) is 26.2 Å². The summed E-state index contributed by atoms with van der Waals surface area (Å²) in [4.78, 5) is 16.9. The van der Waals surface area contributed by atoms with Crippen LogP contribution in [-0.4, -0.2) is 52.1 Å². The molecule has 0 saturated carbocycles. The van der Waals surface area contributed by atoms with Gasteiger partial charge in [0.2, 0.25) is 5.91 Å². The number of likely N-dealkylation sites (tertiary alicyclic amines) is 2. The third-order valence-electron chi connectivity index (χ3n) is 4.64. The van der Waals surface area contributed by atoms with Crippen molar-refractivity contribution in [3.8, 4) is 0 Å². The van der Waals surface area contributed by atoms with Crippen LogP contribution < -0.4 is 0 Å². The lowest BCUT2D eigenvalue weighted by molar-refractivity contribution is -0.140. The van der Waals surface area contributed by atoms with Gasteiger partial charge in [-0.3, -0.25) is 9.69 Å². The Labute approximate surface area is 126 Å². The van der Waals surface area contributed by atoms with Crippen LogP contribution >= 0.6 is 0 Å². The van der Waals surface area contributed by atoms with Gasteiger partial charge in [-0.1, -0.05) is 30.3 Å². The molecule has 0 radical (unpaired) electrons. The normalized spacial score (nSPS) is 30.9. The van der Waals surface area contributed by atoms with Gasteiger partial charge >= 0.3 is 0 Å². The molecule has 0 spiro atoms. The number of carbonyl (C=O) groups is 1. The van der Waals surface area contributed by atoms with Gasteiger partial charge in [0.1, 0.15) is 0 Å². The minimum atomic E-state index is -0.637. The zero-order valence-electron chi connectivity index (χ0n) is 12.7. The Bertz CT molecular complexity index is 501. The van der Waals surface area contributed by atoms with Crippen LogP contribution in [0.4, 0.5) is 0 Å². The number of hydrogen-bond donors (Lipinski definition) is 1. The van der Waals surface area contributed by atoms with Crippen molar-refractivity contribution in [3.63, 3.8) is 0 Å². The first-order chi connectivity index (χ1) is 10.1. The maximum absolute atomic E-state index is 12.7. The van der Waals surface area contributed by atoms with E-state index in [0.717, 1.165) is 32.4 Å². The van der Waals surface area contributed by atoms with Crippen molar-refractivity contribution in [1.82, 2.24) is 9.80 Å². The van der Waals surface area contributed by atoms with Gasteiger partial charge < -0.3 is 10.0 Å². The van der Waals surface area contributed by atoms with Gasteiger partial charge in [0.15, 0.2) is 0 Å². The van der Waals surface area contributed by atoms with Crippen LogP contribution in [-0.2, 0) is 11.3 Å². The summed E-state index contributed by atoms with van der Waals surface area (Å²) in [6, 6.07) is 10.1. The number of carbonyl (C=O) groups excluding carboxylic acids is 1. The van der Waals surface area contributed by atoms with Crippen molar-refractivity contribution in [2.24, 2.45) is 0 Å². The van der Waals surface area contributed by atoms with Gasteiger partial charge in [0.25, 0.3) is 0 Å². The van der Waals surface area contributed by atoms with Crippen LogP contribution in [0.15, 0.2) is 30.3 Å². The van der Waals surface area contributed by atoms with Gasteiger partial charge in [-0.2, -0.15) is 0 Å². The highest BCUT2D eigenvalue weighted by atomic mass is 16.3. The molecule has 2 atom stereocenters. The second kappa shape index (κ2) is 5.78. The predicted octanol–water partition coefficient (Wildman–Crippen LogP) is 1.63. The van der Waals surface area contributed by atoms with Gasteiger partial charge in [0.05, 0.1) is 11.6 Å². The highest BCUT2D eigenvalue weighted by molar-refractivity contribution is 5.82. The van der Waals surface area contributed by atoms with Crippen LogP contribution in [0.5, 0.6) is 0 Å². The van der Waals surface area contributed by atoms with Crippen molar-refractivity contribution in [1.29, 1.82) is 0 Å². The third kappa shape index (κ3) is 3.27. The van der Waals surface area contributed by atoms with Crippen LogP contribution in [0.3, 0.4) is 0 Å². The minimum Gasteiger partial charge on any atom is -0.389 e. The van der Waals surface area contributed by atoms with E-state index in [1.54, 1.807) is 0 Å². The van der Waals surface area contributed by atoms with E-state index in [-0.39, 0.29) is 11.9 Å². The monoisotopic (exact) mass is 288 g/mol. The molecule has 114 valence electrons. The molecule has 0 aromatic heterocycles. The van der Waals surface area contributed by atoms with Gasteiger partial charge in [-0.05, 0) is 31.7 Å². The number of piperidine rings is 1. The fourth-order valence-corrected chi connectivity index (χ4v) is 3.47. The fourth-order valence-electron chi connectivity index (χ4n) is 3.47. The SMILES string of the molecule is C[C@@]1(O)CCN([C@H]2CCCN(Cc3ccccc3)C2=O)C1. The summed E-state index contributed by atoms with van der Waals surface area (Å²) in [6.45, 7) is 4.84. The van der Waals surface area contributed by atoms with E-state index in [9.17, 15) is 9.90 Å². The van der Waals surface area contributed by atoms with Crippen molar-refractivity contribution in [2.45, 2.75) is 44.4 Å². The van der Waals surface area contributed by atoms with Crippen LogP contribution in [0.1, 0.15) is 31.7 Å². The molecule has 3 rings (SSSR count). The van der Waals surface area contributed by atoms with Crippen LogP contribution in [0.2, 0.25) is 0 Å². The molecule has 1 aromatic rings. The molecule has 4 heteroatoms. The lowest BCUT2D eigenvalue weighted by Gasteiger charge is -2.37.